The van der Waals surface area contributed by atoms with E-state index in [-0.39, 0.29) is 5.91 Å². The molecule has 1 amide bonds. The third-order valence-electron chi connectivity index (χ3n) is 4.89. The fraction of sp³-hybridized carbons (Fsp3) is 0.929. The van der Waals surface area contributed by atoms with Gasteiger partial charge in [0.05, 0.1) is 0 Å². The van der Waals surface area contributed by atoms with Crippen LogP contribution < -0.4 is 10.6 Å². The van der Waals surface area contributed by atoms with E-state index in [4.69, 9.17) is 0 Å². The van der Waals surface area contributed by atoms with Gasteiger partial charge < -0.3 is 10.6 Å². The molecule has 3 fully saturated rings. The standard InChI is InChI=1S/C14H24N2O/c1-14(2)8-12(14)16-13(17)7-9-5-10-3-4-11(6-9)15-10/h9-12,15H,3-8H2,1-2H3,(H,16,17). The van der Waals surface area contributed by atoms with Gasteiger partial charge in [-0.25, -0.2) is 0 Å². The second-order valence-corrected chi connectivity index (χ2v) is 6.99. The molecule has 0 aromatic heterocycles. The molecule has 1 saturated carbocycles. The van der Waals surface area contributed by atoms with Crippen LogP contribution in [0.4, 0.5) is 0 Å². The van der Waals surface area contributed by atoms with Crippen LogP contribution in [0.5, 0.6) is 0 Å². The maximum Gasteiger partial charge on any atom is 0.220 e. The fourth-order valence-corrected chi connectivity index (χ4v) is 3.57. The first-order valence-electron chi connectivity index (χ1n) is 7.08. The van der Waals surface area contributed by atoms with Gasteiger partial charge in [-0.05, 0) is 43.4 Å². The highest BCUT2D eigenvalue weighted by atomic mass is 16.1. The Hall–Kier alpha value is -0.570. The van der Waals surface area contributed by atoms with Gasteiger partial charge in [0.2, 0.25) is 5.91 Å². The minimum Gasteiger partial charge on any atom is -0.353 e. The van der Waals surface area contributed by atoms with Gasteiger partial charge in [0.25, 0.3) is 0 Å². The topological polar surface area (TPSA) is 41.1 Å². The van der Waals surface area contributed by atoms with Crippen LogP contribution in [0, 0.1) is 11.3 Å². The lowest BCUT2D eigenvalue weighted by Gasteiger charge is -2.28. The molecule has 3 heteroatoms. The van der Waals surface area contributed by atoms with Crippen molar-refractivity contribution in [1.82, 2.24) is 10.6 Å². The Bertz CT molecular complexity index is 314. The van der Waals surface area contributed by atoms with Crippen LogP contribution in [-0.2, 0) is 4.79 Å². The van der Waals surface area contributed by atoms with Gasteiger partial charge >= 0.3 is 0 Å². The fourth-order valence-electron chi connectivity index (χ4n) is 3.57. The highest BCUT2D eigenvalue weighted by Crippen LogP contribution is 2.44. The second-order valence-electron chi connectivity index (χ2n) is 6.99. The first kappa shape index (κ1) is 11.5. The van der Waals surface area contributed by atoms with Gasteiger partial charge in [-0.1, -0.05) is 13.8 Å². The molecule has 2 aliphatic heterocycles. The molecule has 17 heavy (non-hydrogen) atoms. The molecule has 96 valence electrons. The minimum atomic E-state index is 0.284. The lowest BCUT2D eigenvalue weighted by Crippen LogP contribution is -2.40. The van der Waals surface area contributed by atoms with E-state index in [1.807, 2.05) is 0 Å². The lowest BCUT2D eigenvalue weighted by atomic mass is 9.89. The summed E-state index contributed by atoms with van der Waals surface area (Å²) in [5.41, 5.74) is 0.350. The molecule has 2 heterocycles. The Balaban J connectivity index is 1.46. The zero-order valence-corrected chi connectivity index (χ0v) is 11.0. The van der Waals surface area contributed by atoms with Crippen LogP contribution in [-0.4, -0.2) is 24.0 Å². The minimum absolute atomic E-state index is 0.284. The van der Waals surface area contributed by atoms with Crippen molar-refractivity contribution >= 4 is 5.91 Å². The number of rotatable bonds is 3. The van der Waals surface area contributed by atoms with Gasteiger partial charge in [-0.15, -0.1) is 0 Å². The summed E-state index contributed by atoms with van der Waals surface area (Å²) < 4.78 is 0. The van der Waals surface area contributed by atoms with Gasteiger partial charge in [0.1, 0.15) is 0 Å². The number of hydrogen-bond acceptors (Lipinski definition) is 2. The molecule has 3 unspecified atom stereocenters. The van der Waals surface area contributed by atoms with Crippen molar-refractivity contribution < 1.29 is 4.79 Å². The third kappa shape index (κ3) is 2.49. The monoisotopic (exact) mass is 236 g/mol. The average molecular weight is 236 g/mol. The summed E-state index contributed by atoms with van der Waals surface area (Å²) in [4.78, 5) is 12.0. The Morgan fingerprint density at radius 1 is 1.29 bits per heavy atom. The Kier molecular flexibility index (Phi) is 2.69. The zero-order chi connectivity index (χ0) is 12.0. The number of carbonyl (C=O) groups is 1. The second kappa shape index (κ2) is 3.98. The third-order valence-corrected chi connectivity index (χ3v) is 4.89. The summed E-state index contributed by atoms with van der Waals surface area (Å²) in [5.74, 6) is 0.905. The van der Waals surface area contributed by atoms with Crippen molar-refractivity contribution in [3.05, 3.63) is 0 Å². The number of amides is 1. The zero-order valence-electron chi connectivity index (χ0n) is 11.0. The lowest BCUT2D eigenvalue weighted by molar-refractivity contribution is -0.122. The van der Waals surface area contributed by atoms with Gasteiger partial charge in [0, 0.05) is 24.5 Å². The summed E-state index contributed by atoms with van der Waals surface area (Å²) in [7, 11) is 0. The summed E-state index contributed by atoms with van der Waals surface area (Å²) in [6.45, 7) is 4.45. The first-order chi connectivity index (χ1) is 8.03. The first-order valence-corrected chi connectivity index (χ1v) is 7.08. The van der Waals surface area contributed by atoms with E-state index in [1.54, 1.807) is 0 Å². The van der Waals surface area contributed by atoms with Crippen LogP contribution >= 0.6 is 0 Å². The van der Waals surface area contributed by atoms with Crippen LogP contribution in [0.1, 0.15) is 52.4 Å². The van der Waals surface area contributed by atoms with Crippen molar-refractivity contribution in [2.45, 2.75) is 70.5 Å². The van der Waals surface area contributed by atoms with Gasteiger partial charge in [-0.3, -0.25) is 4.79 Å². The molecule has 2 N–H and O–H groups in total. The molecule has 3 atom stereocenters. The number of carbonyl (C=O) groups excluding carboxylic acids is 1. The van der Waals surface area contributed by atoms with Crippen molar-refractivity contribution in [2.24, 2.45) is 11.3 Å². The van der Waals surface area contributed by atoms with E-state index in [9.17, 15) is 4.79 Å². The average Bonchev–Trinajstić information content (AvgIpc) is 2.66. The molecule has 3 rings (SSSR count). The van der Waals surface area contributed by atoms with Crippen molar-refractivity contribution in [1.29, 1.82) is 0 Å². The normalized spacial score (nSPS) is 42.2. The smallest absolute Gasteiger partial charge is 0.220 e. The van der Waals surface area contributed by atoms with Crippen LogP contribution in [0.15, 0.2) is 0 Å². The molecular weight excluding hydrogens is 212 g/mol. The molecule has 0 aromatic carbocycles. The van der Waals surface area contributed by atoms with Crippen LogP contribution in [0.2, 0.25) is 0 Å². The molecular formula is C14H24N2O. The van der Waals surface area contributed by atoms with Crippen molar-refractivity contribution in [2.75, 3.05) is 0 Å². The van der Waals surface area contributed by atoms with Crippen LogP contribution in [0.3, 0.4) is 0 Å². The number of nitrogens with one attached hydrogen (secondary N) is 2. The van der Waals surface area contributed by atoms with Gasteiger partial charge in [-0.2, -0.15) is 0 Å². The predicted octanol–water partition coefficient (Wildman–Crippen LogP) is 1.82. The summed E-state index contributed by atoms with van der Waals surface area (Å²) >= 11 is 0. The van der Waals surface area contributed by atoms with E-state index in [0.717, 1.165) is 12.8 Å². The van der Waals surface area contributed by atoms with E-state index < -0.39 is 0 Å². The Labute approximate surface area is 104 Å². The molecule has 0 spiro atoms. The molecule has 1 aliphatic carbocycles. The molecule has 0 radical (unpaired) electrons. The maximum atomic E-state index is 12.0. The van der Waals surface area contributed by atoms with Crippen molar-refractivity contribution in [3.8, 4) is 0 Å². The maximum absolute atomic E-state index is 12.0. The highest BCUT2D eigenvalue weighted by molar-refractivity contribution is 5.77. The van der Waals surface area contributed by atoms with E-state index >= 15 is 0 Å². The Morgan fingerprint density at radius 3 is 2.41 bits per heavy atom. The van der Waals surface area contributed by atoms with Crippen LogP contribution in [0.25, 0.3) is 0 Å². The Morgan fingerprint density at radius 2 is 1.88 bits per heavy atom. The summed E-state index contributed by atoms with van der Waals surface area (Å²) in [5, 5.41) is 6.81. The molecule has 2 saturated heterocycles. The predicted molar refractivity (Wildman–Crippen MR) is 67.6 cm³/mol. The molecule has 3 aliphatic rings. The van der Waals surface area contributed by atoms with Crippen molar-refractivity contribution in [3.63, 3.8) is 0 Å². The van der Waals surface area contributed by atoms with E-state index in [2.05, 4.69) is 24.5 Å². The number of hydrogen-bond donors (Lipinski definition) is 2. The molecule has 3 nitrogen and oxygen atoms in total. The highest BCUT2D eigenvalue weighted by Gasteiger charge is 2.46. The molecule has 2 bridgehead atoms. The summed E-state index contributed by atoms with van der Waals surface area (Å²) in [6.07, 6.45) is 6.95. The number of fused-ring (bicyclic) bond motifs is 2. The van der Waals surface area contributed by atoms with E-state index in [0.29, 0.717) is 29.5 Å². The molecule has 0 aromatic rings. The summed E-state index contributed by atoms with van der Waals surface area (Å²) in [6, 6.07) is 1.83. The quantitative estimate of drug-likeness (QED) is 0.785. The number of piperidine rings is 1. The van der Waals surface area contributed by atoms with Gasteiger partial charge in [0.15, 0.2) is 0 Å². The SMILES string of the molecule is CC1(C)CC1NC(=O)CC1CC2CCC(C1)N2. The van der Waals surface area contributed by atoms with E-state index in [1.165, 1.54) is 25.7 Å². The largest absolute Gasteiger partial charge is 0.353 e.